The smallest absolute Gasteiger partial charge is 0.220 e. The molecule has 2 aliphatic rings. The normalized spacial score (nSPS) is 24.6. The molecular formula is C67H119NO13. The van der Waals surface area contributed by atoms with E-state index in [1.54, 1.807) is 6.08 Å². The van der Waals surface area contributed by atoms with E-state index in [1.165, 1.54) is 154 Å². The van der Waals surface area contributed by atoms with Crippen molar-refractivity contribution in [1.29, 1.82) is 0 Å². The summed E-state index contributed by atoms with van der Waals surface area (Å²) < 4.78 is 22.8. The Balaban J connectivity index is 1.73. The minimum atomic E-state index is -1.80. The molecule has 2 heterocycles. The zero-order valence-electron chi connectivity index (χ0n) is 50.8. The lowest BCUT2D eigenvalue weighted by atomic mass is 9.97. The second kappa shape index (κ2) is 51.8. The summed E-state index contributed by atoms with van der Waals surface area (Å²) in [6, 6.07) is -0.937. The summed E-state index contributed by atoms with van der Waals surface area (Å²) in [5.41, 5.74) is 0. The van der Waals surface area contributed by atoms with Gasteiger partial charge in [-0.25, -0.2) is 0 Å². The van der Waals surface area contributed by atoms with E-state index in [0.717, 1.165) is 70.6 Å². The number of aliphatic hydroxyl groups is 8. The number of amides is 1. The fourth-order valence-corrected chi connectivity index (χ4v) is 10.4. The number of nitrogens with one attached hydrogen (secondary N) is 1. The number of carbonyl (C=O) groups is 1. The van der Waals surface area contributed by atoms with Crippen molar-refractivity contribution in [1.82, 2.24) is 5.32 Å². The highest BCUT2D eigenvalue weighted by Crippen LogP contribution is 2.30. The van der Waals surface area contributed by atoms with Gasteiger partial charge in [-0.3, -0.25) is 4.79 Å². The lowest BCUT2D eigenvalue weighted by molar-refractivity contribution is -0.359. The van der Waals surface area contributed by atoms with Crippen molar-refractivity contribution >= 4 is 5.91 Å². The zero-order chi connectivity index (χ0) is 58.8. The van der Waals surface area contributed by atoms with Crippen LogP contribution in [0.5, 0.6) is 0 Å². The van der Waals surface area contributed by atoms with E-state index in [-0.39, 0.29) is 18.9 Å². The third-order valence-electron chi connectivity index (χ3n) is 15.6. The van der Waals surface area contributed by atoms with Gasteiger partial charge in [-0.15, -0.1) is 0 Å². The predicted molar refractivity (Wildman–Crippen MR) is 327 cm³/mol. The molecule has 14 heteroatoms. The van der Waals surface area contributed by atoms with Crippen molar-refractivity contribution in [3.05, 3.63) is 72.9 Å². The van der Waals surface area contributed by atoms with Gasteiger partial charge in [0.2, 0.25) is 5.91 Å². The Morgan fingerprint density at radius 1 is 0.457 bits per heavy atom. The van der Waals surface area contributed by atoms with Crippen molar-refractivity contribution in [3.63, 3.8) is 0 Å². The van der Waals surface area contributed by atoms with Crippen molar-refractivity contribution in [2.45, 2.75) is 325 Å². The van der Waals surface area contributed by atoms with E-state index in [1.807, 2.05) is 6.08 Å². The summed E-state index contributed by atoms with van der Waals surface area (Å²) in [4.78, 5) is 13.3. The highest BCUT2D eigenvalue weighted by Gasteiger charge is 2.51. The van der Waals surface area contributed by atoms with E-state index in [2.05, 4.69) is 79.9 Å². The quantitative estimate of drug-likeness (QED) is 0.0204. The Morgan fingerprint density at radius 3 is 1.31 bits per heavy atom. The van der Waals surface area contributed by atoms with Crippen molar-refractivity contribution < 1.29 is 64.6 Å². The third-order valence-corrected chi connectivity index (χ3v) is 15.6. The van der Waals surface area contributed by atoms with Gasteiger partial charge in [-0.05, 0) is 64.2 Å². The topological polar surface area (TPSA) is 228 Å². The molecule has 0 aromatic carbocycles. The zero-order valence-corrected chi connectivity index (χ0v) is 50.8. The molecule has 2 rings (SSSR count). The maximum atomic E-state index is 13.3. The molecule has 0 radical (unpaired) electrons. The molecule has 2 saturated heterocycles. The first kappa shape index (κ1) is 74.5. The molecule has 81 heavy (non-hydrogen) atoms. The summed E-state index contributed by atoms with van der Waals surface area (Å²) in [6.45, 7) is 2.68. The van der Waals surface area contributed by atoms with Crippen LogP contribution in [0.2, 0.25) is 0 Å². The highest BCUT2D eigenvalue weighted by atomic mass is 16.7. The molecule has 0 aromatic rings. The van der Waals surface area contributed by atoms with Crippen LogP contribution in [0.15, 0.2) is 72.9 Å². The Bertz CT molecular complexity index is 1630. The number of unbranched alkanes of at least 4 members (excludes halogenated alkanes) is 29. The fourth-order valence-electron chi connectivity index (χ4n) is 10.4. The summed E-state index contributed by atoms with van der Waals surface area (Å²) in [6.07, 6.45) is 52.4. The summed E-state index contributed by atoms with van der Waals surface area (Å²) in [5, 5.41) is 87.3. The number of allylic oxidation sites excluding steroid dienone is 11. The Kier molecular flexibility index (Phi) is 47.7. The molecule has 470 valence electrons. The molecule has 2 aliphatic heterocycles. The molecule has 0 aromatic heterocycles. The molecule has 0 aliphatic carbocycles. The highest BCUT2D eigenvalue weighted by molar-refractivity contribution is 5.76. The molecule has 0 bridgehead atoms. The standard InChI is InChI=1S/C67H119NO13/c1-3-5-7-9-11-13-15-17-19-21-23-24-25-26-27-28-29-30-31-33-34-36-38-40-42-44-46-48-50-56(71)55(68-59(72)51-49-47-45-43-41-39-37-35-32-22-20-18-16-14-12-10-8-6-4-2)54-78-66-64(77)62(75)65(58(53-70)80-66)81-67-63(76)61(74)60(73)57(52-69)79-67/h6,8,12,14,18,20,32,35,39,41,48,50,55-58,60-67,69-71,73-77H,3-5,7,9-11,13,15-17,19,21-31,33-34,36-38,40,42-47,49,51-54H2,1-2H3,(H,68,72)/b8-6-,14-12-,20-18-,35-32-,41-39-,50-48+. The molecule has 12 atom stereocenters. The Morgan fingerprint density at radius 2 is 0.852 bits per heavy atom. The number of hydrogen-bond acceptors (Lipinski definition) is 13. The predicted octanol–water partition coefficient (Wildman–Crippen LogP) is 12.3. The number of carbonyl (C=O) groups excluding carboxylic acids is 1. The van der Waals surface area contributed by atoms with E-state index < -0.39 is 86.8 Å². The summed E-state index contributed by atoms with van der Waals surface area (Å²) in [5.74, 6) is -0.271. The molecule has 12 unspecified atom stereocenters. The Labute approximate surface area is 491 Å². The van der Waals surface area contributed by atoms with Crippen molar-refractivity contribution in [2.24, 2.45) is 0 Å². The van der Waals surface area contributed by atoms with Crippen LogP contribution in [-0.2, 0) is 23.7 Å². The number of ether oxygens (including phenoxy) is 4. The molecule has 14 nitrogen and oxygen atoms in total. The van der Waals surface area contributed by atoms with Gasteiger partial charge in [-0.1, -0.05) is 254 Å². The first-order valence-corrected chi connectivity index (χ1v) is 32.7. The van der Waals surface area contributed by atoms with Gasteiger partial charge in [0.25, 0.3) is 0 Å². The molecular weight excluding hydrogens is 1030 g/mol. The average molecular weight is 1150 g/mol. The van der Waals surface area contributed by atoms with Crippen LogP contribution in [0.1, 0.15) is 251 Å². The van der Waals surface area contributed by atoms with Gasteiger partial charge < -0.3 is 65.1 Å². The second-order valence-corrected chi connectivity index (χ2v) is 22.9. The molecule has 2 fully saturated rings. The maximum absolute atomic E-state index is 13.3. The van der Waals surface area contributed by atoms with Crippen LogP contribution >= 0.6 is 0 Å². The van der Waals surface area contributed by atoms with Crippen LogP contribution < -0.4 is 5.32 Å². The van der Waals surface area contributed by atoms with Crippen LogP contribution in [0, 0.1) is 0 Å². The third kappa shape index (κ3) is 36.8. The van der Waals surface area contributed by atoms with E-state index in [4.69, 9.17) is 18.9 Å². The first-order chi connectivity index (χ1) is 39.6. The van der Waals surface area contributed by atoms with Crippen LogP contribution in [0.4, 0.5) is 0 Å². The van der Waals surface area contributed by atoms with E-state index in [0.29, 0.717) is 6.42 Å². The molecule has 0 spiro atoms. The van der Waals surface area contributed by atoms with Crippen LogP contribution in [0.3, 0.4) is 0 Å². The fraction of sp³-hybridized carbons (Fsp3) is 0.806. The number of hydrogen-bond donors (Lipinski definition) is 9. The van der Waals surface area contributed by atoms with Gasteiger partial charge in [0.1, 0.15) is 48.8 Å². The lowest BCUT2D eigenvalue weighted by Gasteiger charge is -2.46. The molecule has 0 saturated carbocycles. The Hall–Kier alpha value is -2.57. The maximum Gasteiger partial charge on any atom is 0.220 e. The monoisotopic (exact) mass is 1150 g/mol. The van der Waals surface area contributed by atoms with Crippen molar-refractivity contribution in [2.75, 3.05) is 19.8 Å². The number of aliphatic hydroxyl groups excluding tert-OH is 8. The SMILES string of the molecule is CC/C=C\C/C=C\C/C=C\C/C=C\C/C=C\CCCCCC(=O)NC(COC1OC(CO)C(OC2OC(CO)C(O)C(O)C2O)C(O)C1O)C(O)/C=C/CCCCCCCCCCCCCCCCCCCCCCCCCCCC. The second-order valence-electron chi connectivity index (χ2n) is 22.9. The largest absolute Gasteiger partial charge is 0.394 e. The molecule has 1 amide bonds. The summed E-state index contributed by atoms with van der Waals surface area (Å²) in [7, 11) is 0. The van der Waals surface area contributed by atoms with Crippen LogP contribution in [-0.4, -0.2) is 140 Å². The van der Waals surface area contributed by atoms with Gasteiger partial charge in [0.15, 0.2) is 12.6 Å². The summed E-state index contributed by atoms with van der Waals surface area (Å²) >= 11 is 0. The van der Waals surface area contributed by atoms with Gasteiger partial charge in [-0.2, -0.15) is 0 Å². The minimum Gasteiger partial charge on any atom is -0.394 e. The van der Waals surface area contributed by atoms with Crippen molar-refractivity contribution in [3.8, 4) is 0 Å². The van der Waals surface area contributed by atoms with E-state index in [9.17, 15) is 45.6 Å². The molecule has 9 N–H and O–H groups in total. The van der Waals surface area contributed by atoms with Gasteiger partial charge in [0, 0.05) is 6.42 Å². The van der Waals surface area contributed by atoms with Crippen LogP contribution in [0.25, 0.3) is 0 Å². The van der Waals surface area contributed by atoms with E-state index >= 15 is 0 Å². The minimum absolute atomic E-state index is 0.239. The van der Waals surface area contributed by atoms with Gasteiger partial charge in [0.05, 0.1) is 32.0 Å². The number of rotatable bonds is 52. The lowest BCUT2D eigenvalue weighted by Crippen LogP contribution is -2.65. The first-order valence-electron chi connectivity index (χ1n) is 32.7. The van der Waals surface area contributed by atoms with Gasteiger partial charge >= 0.3 is 0 Å². The average Bonchev–Trinajstić information content (AvgIpc) is 3.63.